The SMILES string of the molecule is CC[C@H](C)NC(=O)c1ccc(CN2CCc3ccccc32)cc1. The van der Waals surface area contributed by atoms with Crippen LogP contribution >= 0.6 is 0 Å². The smallest absolute Gasteiger partial charge is 0.251 e. The minimum Gasteiger partial charge on any atom is -0.367 e. The van der Waals surface area contributed by atoms with Gasteiger partial charge in [0.25, 0.3) is 5.91 Å². The molecule has 3 heteroatoms. The molecular weight excluding hydrogens is 284 g/mol. The van der Waals surface area contributed by atoms with Crippen molar-refractivity contribution in [2.45, 2.75) is 39.3 Å². The van der Waals surface area contributed by atoms with Crippen LogP contribution in [0.25, 0.3) is 0 Å². The fraction of sp³-hybridized carbons (Fsp3) is 0.350. The lowest BCUT2D eigenvalue weighted by molar-refractivity contribution is 0.0939. The summed E-state index contributed by atoms with van der Waals surface area (Å²) in [4.78, 5) is 14.5. The van der Waals surface area contributed by atoms with Crippen molar-refractivity contribution in [3.05, 3.63) is 65.2 Å². The first-order valence-electron chi connectivity index (χ1n) is 8.40. The molecule has 0 saturated heterocycles. The molecule has 0 unspecified atom stereocenters. The summed E-state index contributed by atoms with van der Waals surface area (Å²) in [6.07, 6.45) is 2.06. The second-order valence-electron chi connectivity index (χ2n) is 6.28. The van der Waals surface area contributed by atoms with Crippen molar-refractivity contribution in [2.75, 3.05) is 11.4 Å². The molecule has 3 rings (SSSR count). The molecule has 23 heavy (non-hydrogen) atoms. The number of nitrogens with one attached hydrogen (secondary N) is 1. The summed E-state index contributed by atoms with van der Waals surface area (Å²) in [5, 5.41) is 3.00. The first kappa shape index (κ1) is 15.6. The number of anilines is 1. The predicted molar refractivity (Wildman–Crippen MR) is 94.9 cm³/mol. The van der Waals surface area contributed by atoms with Gasteiger partial charge in [-0.25, -0.2) is 0 Å². The highest BCUT2D eigenvalue weighted by molar-refractivity contribution is 5.94. The zero-order valence-electron chi connectivity index (χ0n) is 13.9. The molecule has 1 N–H and O–H groups in total. The Balaban J connectivity index is 1.66. The number of nitrogens with zero attached hydrogens (tertiary/aromatic N) is 1. The van der Waals surface area contributed by atoms with Gasteiger partial charge in [-0.15, -0.1) is 0 Å². The van der Waals surface area contributed by atoms with Gasteiger partial charge in [0.1, 0.15) is 0 Å². The van der Waals surface area contributed by atoms with Gasteiger partial charge in [-0.3, -0.25) is 4.79 Å². The van der Waals surface area contributed by atoms with Crippen LogP contribution in [0, 0.1) is 0 Å². The van der Waals surface area contributed by atoms with Gasteiger partial charge in [0.2, 0.25) is 0 Å². The van der Waals surface area contributed by atoms with Crippen LogP contribution in [0.4, 0.5) is 5.69 Å². The molecule has 1 atom stereocenters. The van der Waals surface area contributed by atoms with Crippen LogP contribution in [-0.2, 0) is 13.0 Å². The van der Waals surface area contributed by atoms with E-state index in [1.165, 1.54) is 16.8 Å². The van der Waals surface area contributed by atoms with Gasteiger partial charge in [-0.2, -0.15) is 0 Å². The van der Waals surface area contributed by atoms with Crippen molar-refractivity contribution in [3.63, 3.8) is 0 Å². The highest BCUT2D eigenvalue weighted by atomic mass is 16.1. The summed E-state index contributed by atoms with van der Waals surface area (Å²) >= 11 is 0. The van der Waals surface area contributed by atoms with E-state index < -0.39 is 0 Å². The number of rotatable bonds is 5. The molecule has 0 aliphatic carbocycles. The maximum atomic E-state index is 12.1. The first-order chi connectivity index (χ1) is 11.2. The minimum absolute atomic E-state index is 0.0115. The van der Waals surface area contributed by atoms with Gasteiger partial charge >= 0.3 is 0 Å². The number of fused-ring (bicyclic) bond motifs is 1. The number of carbonyl (C=O) groups is 1. The van der Waals surface area contributed by atoms with Crippen molar-refractivity contribution >= 4 is 11.6 Å². The summed E-state index contributed by atoms with van der Waals surface area (Å²) in [7, 11) is 0. The quantitative estimate of drug-likeness (QED) is 0.911. The van der Waals surface area contributed by atoms with Crippen LogP contribution in [0.15, 0.2) is 48.5 Å². The lowest BCUT2D eigenvalue weighted by atomic mass is 10.1. The van der Waals surface area contributed by atoms with Gasteiger partial charge in [0.15, 0.2) is 0 Å². The maximum absolute atomic E-state index is 12.1. The van der Waals surface area contributed by atoms with Crippen molar-refractivity contribution in [3.8, 4) is 0 Å². The van der Waals surface area contributed by atoms with Crippen LogP contribution in [0.1, 0.15) is 41.8 Å². The van der Waals surface area contributed by atoms with E-state index in [1.54, 1.807) is 0 Å². The van der Waals surface area contributed by atoms with Gasteiger partial charge in [0, 0.05) is 30.4 Å². The molecule has 1 aliphatic rings. The Kier molecular flexibility index (Phi) is 4.65. The Morgan fingerprint density at radius 2 is 1.91 bits per heavy atom. The van der Waals surface area contributed by atoms with Crippen LogP contribution in [0.3, 0.4) is 0 Å². The zero-order valence-corrected chi connectivity index (χ0v) is 13.9. The molecule has 2 aromatic rings. The molecule has 0 radical (unpaired) electrons. The topological polar surface area (TPSA) is 32.3 Å². The van der Waals surface area contributed by atoms with E-state index in [9.17, 15) is 4.79 Å². The lowest BCUT2D eigenvalue weighted by Crippen LogP contribution is -2.31. The summed E-state index contributed by atoms with van der Waals surface area (Å²) < 4.78 is 0. The second kappa shape index (κ2) is 6.86. The third-order valence-electron chi connectivity index (χ3n) is 4.56. The summed E-state index contributed by atoms with van der Waals surface area (Å²) in [5.74, 6) is 0.0115. The van der Waals surface area contributed by atoms with E-state index in [4.69, 9.17) is 0 Å². The van der Waals surface area contributed by atoms with Crippen LogP contribution in [0.2, 0.25) is 0 Å². The average molecular weight is 308 g/mol. The number of para-hydroxylation sites is 1. The molecule has 0 fully saturated rings. The summed E-state index contributed by atoms with van der Waals surface area (Å²) in [6, 6.07) is 16.8. The Bertz CT molecular complexity index is 678. The largest absolute Gasteiger partial charge is 0.367 e. The fourth-order valence-corrected chi connectivity index (χ4v) is 2.96. The van der Waals surface area contributed by atoms with Crippen LogP contribution in [-0.4, -0.2) is 18.5 Å². The van der Waals surface area contributed by atoms with E-state index in [0.717, 1.165) is 31.5 Å². The molecule has 0 spiro atoms. The molecule has 2 aromatic carbocycles. The Morgan fingerprint density at radius 3 is 2.65 bits per heavy atom. The molecule has 0 bridgehead atoms. The van der Waals surface area contributed by atoms with E-state index in [0.29, 0.717) is 0 Å². The highest BCUT2D eigenvalue weighted by Gasteiger charge is 2.18. The highest BCUT2D eigenvalue weighted by Crippen LogP contribution is 2.28. The number of carbonyl (C=O) groups excluding carboxylic acids is 1. The normalized spacial score (nSPS) is 14.4. The Labute approximate surface area is 138 Å². The minimum atomic E-state index is 0.0115. The standard InChI is InChI=1S/C20H24N2O/c1-3-15(2)21-20(23)18-10-8-16(9-11-18)14-22-13-12-17-6-4-5-7-19(17)22/h4-11,15H,3,12-14H2,1-2H3,(H,21,23)/t15-/m0/s1. The van der Waals surface area contributed by atoms with Crippen molar-refractivity contribution in [2.24, 2.45) is 0 Å². The second-order valence-corrected chi connectivity index (χ2v) is 6.28. The van der Waals surface area contributed by atoms with Gasteiger partial charge < -0.3 is 10.2 Å². The van der Waals surface area contributed by atoms with E-state index in [-0.39, 0.29) is 11.9 Å². The van der Waals surface area contributed by atoms with Gasteiger partial charge in [-0.1, -0.05) is 37.3 Å². The summed E-state index contributed by atoms with van der Waals surface area (Å²) in [5.41, 5.74) is 4.74. The monoisotopic (exact) mass is 308 g/mol. The Morgan fingerprint density at radius 1 is 1.17 bits per heavy atom. The van der Waals surface area contributed by atoms with E-state index in [1.807, 2.05) is 19.1 Å². The number of amides is 1. The third kappa shape index (κ3) is 3.55. The Hall–Kier alpha value is -2.29. The van der Waals surface area contributed by atoms with Crippen molar-refractivity contribution in [1.29, 1.82) is 0 Å². The molecule has 0 aromatic heterocycles. The maximum Gasteiger partial charge on any atom is 0.251 e. The van der Waals surface area contributed by atoms with Crippen LogP contribution < -0.4 is 10.2 Å². The zero-order chi connectivity index (χ0) is 16.2. The van der Waals surface area contributed by atoms with Gasteiger partial charge in [-0.05, 0) is 49.1 Å². The molecule has 3 nitrogen and oxygen atoms in total. The predicted octanol–water partition coefficient (Wildman–Crippen LogP) is 3.78. The summed E-state index contributed by atoms with van der Waals surface area (Å²) in [6.45, 7) is 6.05. The average Bonchev–Trinajstić information content (AvgIpc) is 2.98. The molecule has 1 heterocycles. The molecule has 1 aliphatic heterocycles. The fourth-order valence-electron chi connectivity index (χ4n) is 2.96. The number of hydrogen-bond acceptors (Lipinski definition) is 2. The lowest BCUT2D eigenvalue weighted by Gasteiger charge is -2.19. The third-order valence-corrected chi connectivity index (χ3v) is 4.56. The van der Waals surface area contributed by atoms with E-state index >= 15 is 0 Å². The number of hydrogen-bond donors (Lipinski definition) is 1. The molecule has 120 valence electrons. The molecule has 0 saturated carbocycles. The molecular formula is C20H24N2O. The van der Waals surface area contributed by atoms with Crippen LogP contribution in [0.5, 0.6) is 0 Å². The van der Waals surface area contributed by atoms with Gasteiger partial charge in [0.05, 0.1) is 0 Å². The van der Waals surface area contributed by atoms with Crippen molar-refractivity contribution in [1.82, 2.24) is 5.32 Å². The number of benzene rings is 2. The first-order valence-corrected chi connectivity index (χ1v) is 8.40. The van der Waals surface area contributed by atoms with E-state index in [2.05, 4.69) is 53.5 Å². The van der Waals surface area contributed by atoms with Crippen molar-refractivity contribution < 1.29 is 4.79 Å². The molecule has 1 amide bonds.